The molecule has 36 heteroatoms. The van der Waals surface area contributed by atoms with E-state index in [0.717, 1.165) is 5.92 Å². The van der Waals surface area contributed by atoms with E-state index in [1.165, 1.54) is 69.2 Å². The fraction of sp³-hybridized carbons (Fsp3) is 1.00. The van der Waals surface area contributed by atoms with Crippen molar-refractivity contribution in [3.8, 4) is 0 Å². The minimum Gasteiger partial charge on any atom is -0.207 e. The van der Waals surface area contributed by atoms with Gasteiger partial charge in [0.05, 0.1) is 25.7 Å². The maximum atomic E-state index is 13.0. The van der Waals surface area contributed by atoms with Crippen LogP contribution in [0, 0.1) is 41.4 Å². The van der Waals surface area contributed by atoms with Crippen molar-refractivity contribution in [1.29, 1.82) is 0 Å². The Kier molecular flexibility index (Phi) is 41.1. The van der Waals surface area contributed by atoms with E-state index < -0.39 is 197 Å². The molecule has 524 valence electrons. The quantitative estimate of drug-likeness (QED) is 0.101. The van der Waals surface area contributed by atoms with Gasteiger partial charge in [0.1, 0.15) is 12.8 Å². The summed E-state index contributed by atoms with van der Waals surface area (Å²) in [6.07, 6.45) is -51.2. The average Bonchev–Trinajstić information content (AvgIpc) is 3.03. The number of rotatable bonds is 21. The van der Waals surface area contributed by atoms with Crippen LogP contribution in [0.1, 0.15) is 181 Å². The Morgan fingerprint density at radius 2 is 0.341 bits per heavy atom. The highest BCUT2D eigenvalue weighted by Gasteiger charge is 2.64. The van der Waals surface area contributed by atoms with Gasteiger partial charge in [0, 0.05) is 38.5 Å². The lowest BCUT2D eigenvalue weighted by atomic mass is 9.96. The van der Waals surface area contributed by atoms with Gasteiger partial charge in [-0.15, -0.1) is 0 Å². The first-order chi connectivity index (χ1) is 36.2. The summed E-state index contributed by atoms with van der Waals surface area (Å²) in [4.78, 5) is 0. The van der Waals surface area contributed by atoms with Gasteiger partial charge in [-0.1, -0.05) is 104 Å². The Bertz CT molecular complexity index is 1680. The van der Waals surface area contributed by atoms with E-state index in [2.05, 4.69) is 20.8 Å². The Morgan fingerprint density at radius 3 is 0.494 bits per heavy atom. The van der Waals surface area contributed by atoms with Crippen LogP contribution in [0.15, 0.2) is 0 Å². The molecule has 0 aromatic carbocycles. The highest BCUT2D eigenvalue weighted by atomic mass is 19.5. The molecule has 0 aromatic rings. The highest BCUT2D eigenvalue weighted by molar-refractivity contribution is 4.88. The first kappa shape index (κ1) is 96.1. The van der Waals surface area contributed by atoms with Crippen molar-refractivity contribution in [1.82, 2.24) is 0 Å². The second-order valence-corrected chi connectivity index (χ2v) is 23.0. The molecule has 85 heavy (non-hydrogen) atoms. The van der Waals surface area contributed by atoms with Crippen molar-refractivity contribution in [3.05, 3.63) is 0 Å². The molecule has 0 spiro atoms. The van der Waals surface area contributed by atoms with Crippen LogP contribution >= 0.6 is 0 Å². The molecule has 0 bridgehead atoms. The second-order valence-electron chi connectivity index (χ2n) is 23.0. The predicted molar refractivity (Wildman–Crippen MR) is 246 cm³/mol. The Balaban J connectivity index is -0.000000172. The Hall–Kier alpha value is -2.52. The summed E-state index contributed by atoms with van der Waals surface area (Å²) in [7, 11) is 0. The topological polar surface area (TPSA) is 0 Å². The van der Waals surface area contributed by atoms with E-state index in [4.69, 9.17) is 0 Å². The van der Waals surface area contributed by atoms with Crippen LogP contribution in [-0.4, -0.2) is 90.4 Å². The van der Waals surface area contributed by atoms with Gasteiger partial charge in [-0.2, -0.15) is 105 Å². The summed E-state index contributed by atoms with van der Waals surface area (Å²) in [5.41, 5.74) is 0. The predicted octanol–water partition coefficient (Wildman–Crippen LogP) is 25.3. The van der Waals surface area contributed by atoms with Gasteiger partial charge >= 0.3 is 54.8 Å². The molecule has 0 radical (unpaired) electrons. The van der Waals surface area contributed by atoms with Crippen LogP contribution in [-0.2, 0) is 0 Å². The van der Waals surface area contributed by atoms with Crippen molar-refractivity contribution >= 4 is 0 Å². The summed E-state index contributed by atoms with van der Waals surface area (Å²) in [5.74, 6) is -42.7. The van der Waals surface area contributed by atoms with Crippen LogP contribution in [0.3, 0.4) is 0 Å². The summed E-state index contributed by atoms with van der Waals surface area (Å²) < 4.78 is 435. The molecule has 0 amide bonds. The molecule has 0 aromatic heterocycles. The standard InChI is InChI=1S/C10H13F9.C9H13F7.C8H11F7.C7H11F5.C6H9F5.C5H9F3.C4H10/c1-6(2)3-7(11,12)4-8(13,14)5-9(15,16)10(17,18)19;1-6(2)3-7(10,11)4-8(12,13)5-9(14,15)16;1-5(2)3-6(9,10)4-7(11,12)8(13,14)15;1-5(2)3-6(8,9)4-7(10,11)12;1-4(2)3-5(7,8)6(9,10)11;1-4(2)3-5(6,7)8;1-4(2)3/h6H,3-5H2,1-2H3;6H,3-5H2,1-2H3;5H,3-4H2,1-2H3;5H,3-4H2,1-2H3;4H,3H2,1-2H3;4H,3H2,1-2H3;4H,1-3H3. The van der Waals surface area contributed by atoms with Gasteiger partial charge in [-0.25, -0.2) is 52.7 Å². The molecular weight excluding hydrogens is 1270 g/mol. The molecule has 0 aliphatic rings. The molecule has 0 N–H and O–H groups in total. The van der Waals surface area contributed by atoms with Gasteiger partial charge in [0.15, 0.2) is 0 Å². The fourth-order valence-electron chi connectivity index (χ4n) is 6.09. The molecule has 0 heterocycles. The third-order valence-electron chi connectivity index (χ3n) is 8.29. The van der Waals surface area contributed by atoms with E-state index in [1.807, 2.05) is 0 Å². The first-order valence-corrected chi connectivity index (χ1v) is 25.0. The number of hydrogen-bond donors (Lipinski definition) is 0. The maximum absolute atomic E-state index is 13.0. The molecule has 0 saturated heterocycles. The van der Waals surface area contributed by atoms with E-state index in [-0.39, 0.29) is 5.92 Å². The van der Waals surface area contributed by atoms with Gasteiger partial charge in [-0.05, 0) is 41.4 Å². The van der Waals surface area contributed by atoms with Crippen molar-refractivity contribution < 1.29 is 158 Å². The lowest BCUT2D eigenvalue weighted by Gasteiger charge is -2.28. The fourth-order valence-corrected chi connectivity index (χ4v) is 6.09. The van der Waals surface area contributed by atoms with Gasteiger partial charge in [0.2, 0.25) is 0 Å². The lowest BCUT2D eigenvalue weighted by Crippen LogP contribution is -2.43. The van der Waals surface area contributed by atoms with Crippen LogP contribution in [0.2, 0.25) is 0 Å². The second kappa shape index (κ2) is 36.4. The molecule has 0 unspecified atom stereocenters. The van der Waals surface area contributed by atoms with E-state index in [9.17, 15) is 158 Å². The van der Waals surface area contributed by atoms with E-state index in [0.29, 0.717) is 0 Å². The van der Waals surface area contributed by atoms with Crippen LogP contribution in [0.25, 0.3) is 0 Å². The molecule has 0 atom stereocenters. The average molecular weight is 1350 g/mol. The third kappa shape index (κ3) is 62.9. The zero-order chi connectivity index (χ0) is 71.0. The number of alkyl halides is 36. The van der Waals surface area contributed by atoms with Gasteiger partial charge in [0.25, 0.3) is 35.5 Å². The Labute approximate surface area is 470 Å². The summed E-state index contributed by atoms with van der Waals surface area (Å²) in [5, 5.41) is 0. The largest absolute Gasteiger partial charge is 0.453 e. The van der Waals surface area contributed by atoms with Gasteiger partial charge in [-0.3, -0.25) is 0 Å². The van der Waals surface area contributed by atoms with Crippen molar-refractivity contribution in [2.45, 2.75) is 271 Å². The molecule has 0 fully saturated rings. The zero-order valence-electron chi connectivity index (χ0n) is 48.6. The minimum absolute atomic E-state index is 0.282. The number of hydrogen-bond acceptors (Lipinski definition) is 0. The molecule has 0 aliphatic heterocycles. The minimum atomic E-state index is -6.19. The molecule has 0 aliphatic carbocycles. The van der Waals surface area contributed by atoms with E-state index >= 15 is 0 Å². The van der Waals surface area contributed by atoms with Crippen molar-refractivity contribution in [3.63, 3.8) is 0 Å². The van der Waals surface area contributed by atoms with Crippen molar-refractivity contribution in [2.24, 2.45) is 41.4 Å². The molecule has 0 nitrogen and oxygen atoms in total. The maximum Gasteiger partial charge on any atom is 0.453 e. The van der Waals surface area contributed by atoms with Crippen LogP contribution in [0.4, 0.5) is 158 Å². The first-order valence-electron chi connectivity index (χ1n) is 25.0. The van der Waals surface area contributed by atoms with E-state index in [1.54, 1.807) is 13.8 Å². The smallest absolute Gasteiger partial charge is 0.207 e. The van der Waals surface area contributed by atoms with Crippen LogP contribution < -0.4 is 0 Å². The molecule has 0 saturated carbocycles. The zero-order valence-corrected chi connectivity index (χ0v) is 48.6. The normalized spacial score (nSPS) is 14.2. The summed E-state index contributed by atoms with van der Waals surface area (Å²) in [6, 6.07) is 0. The lowest BCUT2D eigenvalue weighted by molar-refractivity contribution is -0.304. The summed E-state index contributed by atoms with van der Waals surface area (Å²) in [6.45, 7) is 23.1. The monoisotopic (exact) mass is 1350 g/mol. The van der Waals surface area contributed by atoms with Gasteiger partial charge < -0.3 is 0 Å². The molecule has 0 rings (SSSR count). The SMILES string of the molecule is CC(C)C.CC(C)CC(F)(F)C(F)(F)F.CC(C)CC(F)(F)CC(F)(F)C(F)(F)F.CC(C)CC(F)(F)CC(F)(F)CC(F)(F)C(F)(F)F.CC(C)CC(F)(F)CC(F)(F)CC(F)(F)F.CC(C)CC(F)(F)CC(F)(F)F.CC(C)CC(F)(F)F. The summed E-state index contributed by atoms with van der Waals surface area (Å²) >= 11 is 0. The Morgan fingerprint density at radius 1 is 0.176 bits per heavy atom. The number of halogens is 36. The van der Waals surface area contributed by atoms with Crippen molar-refractivity contribution in [2.75, 3.05) is 0 Å². The third-order valence-corrected chi connectivity index (χ3v) is 8.29. The highest BCUT2D eigenvalue weighted by Crippen LogP contribution is 2.48. The molecular formula is C49H76F36. The van der Waals surface area contributed by atoms with Crippen LogP contribution in [0.5, 0.6) is 0 Å².